The summed E-state index contributed by atoms with van der Waals surface area (Å²) < 4.78 is 8.79. The number of aromatic nitrogens is 3. The zero-order chi connectivity index (χ0) is 18.6. The molecule has 0 saturated carbocycles. The molecule has 0 bridgehead atoms. The summed E-state index contributed by atoms with van der Waals surface area (Å²) in [4.78, 5) is 31.7. The van der Waals surface area contributed by atoms with Gasteiger partial charge in [-0.1, -0.05) is 0 Å². The molecule has 3 aromatic heterocycles. The molecule has 1 amide bonds. The zero-order valence-corrected chi connectivity index (χ0v) is 15.4. The first-order chi connectivity index (χ1) is 12.4. The molecule has 0 aromatic carbocycles. The zero-order valence-electron chi connectivity index (χ0n) is 15.4. The maximum atomic E-state index is 12.8. The number of furan rings is 1. The summed E-state index contributed by atoms with van der Waals surface area (Å²) in [5.74, 6) is 1.42. The van der Waals surface area contributed by atoms with Crippen LogP contribution in [-0.4, -0.2) is 37.3 Å². The molecule has 0 N–H and O–H groups in total. The number of hydrogen-bond donors (Lipinski definition) is 0. The molecule has 0 spiro atoms. The van der Waals surface area contributed by atoms with Crippen molar-refractivity contribution in [1.82, 2.24) is 18.9 Å². The predicted octanol–water partition coefficient (Wildman–Crippen LogP) is 2.53. The Hall–Kier alpha value is -2.83. The number of amides is 1. The lowest BCUT2D eigenvalue weighted by Crippen LogP contribution is -2.33. The normalized spacial score (nSPS) is 17.4. The van der Waals surface area contributed by atoms with E-state index in [2.05, 4.69) is 4.98 Å². The van der Waals surface area contributed by atoms with Gasteiger partial charge in [-0.2, -0.15) is 0 Å². The summed E-state index contributed by atoms with van der Waals surface area (Å²) in [5.41, 5.74) is 1.91. The molecule has 0 aliphatic carbocycles. The van der Waals surface area contributed by atoms with E-state index < -0.39 is 0 Å². The van der Waals surface area contributed by atoms with E-state index in [1.807, 2.05) is 37.9 Å². The quantitative estimate of drug-likeness (QED) is 0.709. The van der Waals surface area contributed by atoms with E-state index in [-0.39, 0.29) is 23.2 Å². The van der Waals surface area contributed by atoms with E-state index >= 15 is 0 Å². The van der Waals surface area contributed by atoms with Crippen LogP contribution in [0.4, 0.5) is 0 Å². The first-order valence-corrected chi connectivity index (χ1v) is 8.84. The van der Waals surface area contributed by atoms with Crippen molar-refractivity contribution in [3.63, 3.8) is 0 Å². The second-order valence-electron chi connectivity index (χ2n) is 7.05. The average molecular weight is 354 g/mol. The van der Waals surface area contributed by atoms with Gasteiger partial charge in [0.25, 0.3) is 11.5 Å². The Bertz CT molecular complexity index is 1070. The van der Waals surface area contributed by atoms with E-state index in [0.29, 0.717) is 5.69 Å². The van der Waals surface area contributed by atoms with Crippen molar-refractivity contribution in [2.24, 2.45) is 7.05 Å². The molecule has 1 aliphatic rings. The summed E-state index contributed by atoms with van der Waals surface area (Å²) in [5, 5.41) is 0. The standard InChI is InChI=1S/C19H22N4O3/c1-11-6-5-7-23(11)18(24)15-9-22-10-16(14-8-12(2)26-13(14)3)21(4)19(25)17(22)20-15/h8-11H,5-7H2,1-4H3. The van der Waals surface area contributed by atoms with Crippen LogP contribution in [0.1, 0.15) is 41.8 Å². The highest BCUT2D eigenvalue weighted by molar-refractivity contribution is 5.93. The molecule has 4 rings (SSSR count). The van der Waals surface area contributed by atoms with Gasteiger partial charge in [-0.05, 0) is 39.7 Å². The van der Waals surface area contributed by atoms with Crippen molar-refractivity contribution in [2.45, 2.75) is 39.7 Å². The lowest BCUT2D eigenvalue weighted by Gasteiger charge is -2.19. The average Bonchev–Trinajstić information content (AvgIpc) is 3.29. The van der Waals surface area contributed by atoms with E-state index in [4.69, 9.17) is 4.42 Å². The molecule has 4 heterocycles. The summed E-state index contributed by atoms with van der Waals surface area (Å²) in [6, 6.07) is 2.12. The van der Waals surface area contributed by atoms with Gasteiger partial charge in [-0.3, -0.25) is 14.0 Å². The third kappa shape index (κ3) is 2.46. The number of aryl methyl sites for hydroxylation is 2. The second kappa shape index (κ2) is 5.86. The Balaban J connectivity index is 1.84. The number of nitrogens with zero attached hydrogens (tertiary/aromatic N) is 4. The minimum atomic E-state index is -0.241. The first kappa shape index (κ1) is 16.6. The maximum Gasteiger partial charge on any atom is 0.294 e. The molecule has 0 radical (unpaired) electrons. The van der Waals surface area contributed by atoms with Crippen LogP contribution in [0.2, 0.25) is 0 Å². The Morgan fingerprint density at radius 3 is 2.69 bits per heavy atom. The van der Waals surface area contributed by atoms with Gasteiger partial charge in [0, 0.05) is 37.6 Å². The number of rotatable bonds is 2. The van der Waals surface area contributed by atoms with Crippen LogP contribution >= 0.6 is 0 Å². The van der Waals surface area contributed by atoms with Crippen LogP contribution < -0.4 is 5.56 Å². The minimum Gasteiger partial charge on any atom is -0.466 e. The fourth-order valence-electron chi connectivity index (χ4n) is 3.75. The molecular formula is C19H22N4O3. The highest BCUT2D eigenvalue weighted by Gasteiger charge is 2.28. The van der Waals surface area contributed by atoms with Gasteiger partial charge in [0.2, 0.25) is 5.65 Å². The summed E-state index contributed by atoms with van der Waals surface area (Å²) in [7, 11) is 1.71. The van der Waals surface area contributed by atoms with Crippen LogP contribution in [0.3, 0.4) is 0 Å². The summed E-state index contributed by atoms with van der Waals surface area (Å²) in [6.07, 6.45) is 5.48. The number of likely N-dealkylation sites (tertiary alicyclic amines) is 1. The molecule has 1 saturated heterocycles. The van der Waals surface area contributed by atoms with E-state index in [1.54, 1.807) is 22.2 Å². The molecule has 1 fully saturated rings. The number of carbonyl (C=O) groups is 1. The first-order valence-electron chi connectivity index (χ1n) is 8.84. The van der Waals surface area contributed by atoms with Crippen molar-refractivity contribution in [3.05, 3.63) is 46.0 Å². The number of carbonyl (C=O) groups excluding carboxylic acids is 1. The van der Waals surface area contributed by atoms with Crippen molar-refractivity contribution in [2.75, 3.05) is 6.54 Å². The molecule has 26 heavy (non-hydrogen) atoms. The predicted molar refractivity (Wildman–Crippen MR) is 97.3 cm³/mol. The van der Waals surface area contributed by atoms with Crippen molar-refractivity contribution < 1.29 is 9.21 Å². The topological polar surface area (TPSA) is 72.8 Å². The van der Waals surface area contributed by atoms with Crippen LogP contribution in [0.25, 0.3) is 16.9 Å². The molecule has 1 aliphatic heterocycles. The monoisotopic (exact) mass is 354 g/mol. The second-order valence-corrected chi connectivity index (χ2v) is 7.05. The smallest absolute Gasteiger partial charge is 0.294 e. The van der Waals surface area contributed by atoms with Gasteiger partial charge in [0.15, 0.2) is 0 Å². The van der Waals surface area contributed by atoms with Gasteiger partial charge < -0.3 is 13.9 Å². The van der Waals surface area contributed by atoms with Gasteiger partial charge in [0.1, 0.15) is 17.2 Å². The molecule has 1 atom stereocenters. The summed E-state index contributed by atoms with van der Waals surface area (Å²) >= 11 is 0. The van der Waals surface area contributed by atoms with Crippen molar-refractivity contribution >= 4 is 11.6 Å². The van der Waals surface area contributed by atoms with E-state index in [0.717, 1.165) is 42.2 Å². The Morgan fingerprint density at radius 1 is 1.31 bits per heavy atom. The van der Waals surface area contributed by atoms with Gasteiger partial charge in [-0.25, -0.2) is 4.98 Å². The minimum absolute atomic E-state index is 0.113. The molecule has 136 valence electrons. The number of fused-ring (bicyclic) bond motifs is 1. The van der Waals surface area contributed by atoms with Crippen molar-refractivity contribution in [1.29, 1.82) is 0 Å². The highest BCUT2D eigenvalue weighted by atomic mass is 16.3. The Kier molecular flexibility index (Phi) is 3.75. The molecular weight excluding hydrogens is 332 g/mol. The third-order valence-corrected chi connectivity index (χ3v) is 5.20. The van der Waals surface area contributed by atoms with Crippen LogP contribution in [0.15, 0.2) is 27.7 Å². The van der Waals surface area contributed by atoms with Gasteiger partial charge in [0.05, 0.1) is 5.69 Å². The number of imidazole rings is 1. The maximum absolute atomic E-state index is 12.8. The van der Waals surface area contributed by atoms with Crippen LogP contribution in [-0.2, 0) is 7.05 Å². The molecule has 7 heteroatoms. The van der Waals surface area contributed by atoms with Gasteiger partial charge >= 0.3 is 0 Å². The fraction of sp³-hybridized carbons (Fsp3) is 0.421. The lowest BCUT2D eigenvalue weighted by molar-refractivity contribution is 0.0742. The van der Waals surface area contributed by atoms with Crippen molar-refractivity contribution in [3.8, 4) is 11.3 Å². The third-order valence-electron chi connectivity index (χ3n) is 5.20. The lowest BCUT2D eigenvalue weighted by atomic mass is 10.2. The molecule has 1 unspecified atom stereocenters. The Morgan fingerprint density at radius 2 is 2.08 bits per heavy atom. The summed E-state index contributed by atoms with van der Waals surface area (Å²) in [6.45, 7) is 6.53. The van der Waals surface area contributed by atoms with E-state index in [1.165, 1.54) is 0 Å². The number of hydrogen-bond acceptors (Lipinski definition) is 4. The molecule has 7 nitrogen and oxygen atoms in total. The Labute approximate surface area is 150 Å². The van der Waals surface area contributed by atoms with Crippen LogP contribution in [0.5, 0.6) is 0 Å². The highest BCUT2D eigenvalue weighted by Crippen LogP contribution is 2.26. The van der Waals surface area contributed by atoms with Crippen LogP contribution in [0, 0.1) is 13.8 Å². The molecule has 3 aromatic rings. The SMILES string of the molecule is Cc1cc(-c2cn3cc(C(=O)N4CCCC4C)nc3c(=O)n2C)c(C)o1. The van der Waals surface area contributed by atoms with E-state index in [9.17, 15) is 9.59 Å². The largest absolute Gasteiger partial charge is 0.466 e. The van der Waals surface area contributed by atoms with Gasteiger partial charge in [-0.15, -0.1) is 0 Å². The fourth-order valence-corrected chi connectivity index (χ4v) is 3.75.